The van der Waals surface area contributed by atoms with Crippen molar-refractivity contribution in [1.82, 2.24) is 4.98 Å². The lowest BCUT2D eigenvalue weighted by Gasteiger charge is -2.09. The molecule has 3 aromatic rings. The minimum absolute atomic E-state index is 0.0287. The zero-order valence-electron chi connectivity index (χ0n) is 16.7. The highest BCUT2D eigenvalue weighted by Crippen LogP contribution is 2.31. The van der Waals surface area contributed by atoms with E-state index in [1.807, 2.05) is 31.2 Å². The van der Waals surface area contributed by atoms with Gasteiger partial charge in [0.15, 0.2) is 0 Å². The Balaban J connectivity index is 1.73. The van der Waals surface area contributed by atoms with E-state index >= 15 is 0 Å². The van der Waals surface area contributed by atoms with E-state index in [0.717, 1.165) is 29.7 Å². The lowest BCUT2D eigenvalue weighted by atomic mass is 10.0. The average Bonchev–Trinajstić information content (AvgIpc) is 3.10. The second-order valence-electron chi connectivity index (χ2n) is 6.68. The van der Waals surface area contributed by atoms with Gasteiger partial charge in [-0.05, 0) is 60.9 Å². The number of ether oxygens (including phenoxy) is 1. The molecule has 0 radical (unpaired) electrons. The van der Waals surface area contributed by atoms with Gasteiger partial charge in [0.05, 0.1) is 12.2 Å². The van der Waals surface area contributed by atoms with Crippen molar-refractivity contribution >= 4 is 5.57 Å². The maximum Gasteiger partial charge on any atom is 0.416 e. The first-order chi connectivity index (χ1) is 14.3. The lowest BCUT2D eigenvalue weighted by Crippen LogP contribution is -2.04. The Hall–Kier alpha value is -3.06. The van der Waals surface area contributed by atoms with Crippen LogP contribution in [0.3, 0.4) is 0 Å². The standard InChI is InChI=1S/C23H22F3NO3/c1-3-16(11-12-28)18-5-4-6-20(13-18)29-14-21-15(2)30-22(27-21)17-7-9-19(10-8-17)23(24,25)26/h4-11,13,28H,3,12,14H2,1-2H3. The van der Waals surface area contributed by atoms with Crippen LogP contribution in [-0.4, -0.2) is 16.7 Å². The predicted molar refractivity (Wildman–Crippen MR) is 108 cm³/mol. The predicted octanol–water partition coefficient (Wildman–Crippen LogP) is 6.03. The number of aromatic nitrogens is 1. The molecule has 30 heavy (non-hydrogen) atoms. The highest BCUT2D eigenvalue weighted by molar-refractivity contribution is 5.66. The zero-order chi connectivity index (χ0) is 21.7. The summed E-state index contributed by atoms with van der Waals surface area (Å²) in [6.45, 7) is 3.87. The topological polar surface area (TPSA) is 55.5 Å². The van der Waals surface area contributed by atoms with Crippen molar-refractivity contribution < 1.29 is 27.4 Å². The van der Waals surface area contributed by atoms with Crippen LogP contribution < -0.4 is 4.74 Å². The third-order valence-corrected chi connectivity index (χ3v) is 4.65. The molecule has 0 unspecified atom stereocenters. The summed E-state index contributed by atoms with van der Waals surface area (Å²) in [6.07, 6.45) is -1.84. The normalized spacial score (nSPS) is 12.3. The van der Waals surface area contributed by atoms with Gasteiger partial charge in [-0.3, -0.25) is 0 Å². The molecular formula is C23H22F3NO3. The van der Waals surface area contributed by atoms with Crippen molar-refractivity contribution in [2.45, 2.75) is 33.1 Å². The molecular weight excluding hydrogens is 395 g/mol. The molecule has 0 spiro atoms. The Bertz CT molecular complexity index is 1020. The summed E-state index contributed by atoms with van der Waals surface area (Å²) in [5.41, 5.74) is 2.29. The Morgan fingerprint density at radius 1 is 1.17 bits per heavy atom. The Morgan fingerprint density at radius 3 is 2.53 bits per heavy atom. The SMILES string of the molecule is CCC(=CCO)c1cccc(OCc2nc(-c3ccc(C(F)(F)F)cc3)oc2C)c1. The molecule has 1 aromatic heterocycles. The number of rotatable bonds is 7. The van der Waals surface area contributed by atoms with Crippen LogP contribution >= 0.6 is 0 Å². The molecule has 0 aliphatic heterocycles. The van der Waals surface area contributed by atoms with Gasteiger partial charge < -0.3 is 14.3 Å². The third-order valence-electron chi connectivity index (χ3n) is 4.65. The Morgan fingerprint density at radius 2 is 1.90 bits per heavy atom. The van der Waals surface area contributed by atoms with E-state index in [0.29, 0.717) is 22.8 Å². The number of benzene rings is 2. The van der Waals surface area contributed by atoms with Crippen LogP contribution in [0.1, 0.15) is 35.9 Å². The monoisotopic (exact) mass is 417 g/mol. The molecule has 0 atom stereocenters. The van der Waals surface area contributed by atoms with Gasteiger partial charge >= 0.3 is 6.18 Å². The van der Waals surface area contributed by atoms with Crippen LogP contribution in [0, 0.1) is 6.92 Å². The largest absolute Gasteiger partial charge is 0.487 e. The van der Waals surface area contributed by atoms with E-state index in [-0.39, 0.29) is 19.1 Å². The quantitative estimate of drug-likeness (QED) is 0.510. The highest BCUT2D eigenvalue weighted by atomic mass is 19.4. The first kappa shape index (κ1) is 21.6. The molecule has 0 aliphatic rings. The van der Waals surface area contributed by atoms with E-state index < -0.39 is 11.7 Å². The van der Waals surface area contributed by atoms with Crippen molar-refractivity contribution in [3.63, 3.8) is 0 Å². The average molecular weight is 417 g/mol. The van der Waals surface area contributed by atoms with Crippen LogP contribution in [-0.2, 0) is 12.8 Å². The van der Waals surface area contributed by atoms with E-state index in [1.54, 1.807) is 13.0 Å². The van der Waals surface area contributed by atoms with Crippen LogP contribution in [0.15, 0.2) is 59.0 Å². The Kier molecular flexibility index (Phi) is 6.62. The molecule has 7 heteroatoms. The van der Waals surface area contributed by atoms with Gasteiger partial charge in [-0.25, -0.2) is 4.98 Å². The van der Waals surface area contributed by atoms with Crippen molar-refractivity contribution in [1.29, 1.82) is 0 Å². The van der Waals surface area contributed by atoms with Gasteiger partial charge in [-0.15, -0.1) is 0 Å². The number of nitrogens with zero attached hydrogens (tertiary/aromatic N) is 1. The summed E-state index contributed by atoms with van der Waals surface area (Å²) in [7, 11) is 0. The van der Waals surface area contributed by atoms with Crippen molar-refractivity contribution in [2.24, 2.45) is 0 Å². The van der Waals surface area contributed by atoms with Crippen LogP contribution in [0.4, 0.5) is 13.2 Å². The minimum atomic E-state index is -4.39. The molecule has 0 bridgehead atoms. The number of halogens is 3. The number of aryl methyl sites for hydroxylation is 1. The Labute approximate surface area is 172 Å². The number of alkyl halides is 3. The van der Waals surface area contributed by atoms with Crippen molar-refractivity contribution in [3.8, 4) is 17.2 Å². The summed E-state index contributed by atoms with van der Waals surface area (Å²) in [5.74, 6) is 1.42. The number of oxazole rings is 1. The molecule has 1 heterocycles. The van der Waals surface area contributed by atoms with Crippen molar-refractivity contribution in [3.05, 3.63) is 77.2 Å². The molecule has 0 amide bonds. The molecule has 2 aromatic carbocycles. The van der Waals surface area contributed by atoms with Gasteiger partial charge in [0.25, 0.3) is 0 Å². The number of hydrogen-bond donors (Lipinski definition) is 1. The third kappa shape index (κ3) is 5.10. The van der Waals surface area contributed by atoms with Crippen molar-refractivity contribution in [2.75, 3.05) is 6.61 Å². The number of aliphatic hydroxyl groups is 1. The highest BCUT2D eigenvalue weighted by Gasteiger charge is 2.30. The molecule has 158 valence electrons. The minimum Gasteiger partial charge on any atom is -0.487 e. The molecule has 0 saturated heterocycles. The van der Waals surface area contributed by atoms with Crippen LogP contribution in [0.25, 0.3) is 17.0 Å². The molecule has 0 fully saturated rings. The second kappa shape index (κ2) is 9.17. The first-order valence-corrected chi connectivity index (χ1v) is 9.49. The fraction of sp³-hybridized carbons (Fsp3) is 0.261. The molecule has 3 rings (SSSR count). The number of allylic oxidation sites excluding steroid dienone is 1. The smallest absolute Gasteiger partial charge is 0.416 e. The first-order valence-electron chi connectivity index (χ1n) is 9.49. The number of aliphatic hydroxyl groups excluding tert-OH is 1. The number of hydrogen-bond acceptors (Lipinski definition) is 4. The maximum atomic E-state index is 12.7. The summed E-state index contributed by atoms with van der Waals surface area (Å²) in [5, 5.41) is 9.15. The molecule has 1 N–H and O–H groups in total. The molecule has 0 saturated carbocycles. The van der Waals surface area contributed by atoms with E-state index in [2.05, 4.69) is 4.98 Å². The summed E-state index contributed by atoms with van der Waals surface area (Å²) in [4.78, 5) is 4.37. The van der Waals surface area contributed by atoms with Gasteiger partial charge in [-0.1, -0.05) is 25.1 Å². The summed E-state index contributed by atoms with van der Waals surface area (Å²) >= 11 is 0. The molecule has 4 nitrogen and oxygen atoms in total. The van der Waals surface area contributed by atoms with Gasteiger partial charge in [-0.2, -0.15) is 13.2 Å². The lowest BCUT2D eigenvalue weighted by molar-refractivity contribution is -0.137. The zero-order valence-corrected chi connectivity index (χ0v) is 16.7. The fourth-order valence-electron chi connectivity index (χ4n) is 3.00. The fourth-order valence-corrected chi connectivity index (χ4v) is 3.00. The van der Waals surface area contributed by atoms with Gasteiger partial charge in [0.1, 0.15) is 23.8 Å². The summed E-state index contributed by atoms with van der Waals surface area (Å²) < 4.78 is 49.6. The van der Waals surface area contributed by atoms with Gasteiger partial charge in [0.2, 0.25) is 5.89 Å². The second-order valence-corrected chi connectivity index (χ2v) is 6.68. The van der Waals surface area contributed by atoms with E-state index in [4.69, 9.17) is 14.3 Å². The van der Waals surface area contributed by atoms with Gasteiger partial charge in [0, 0.05) is 5.56 Å². The van der Waals surface area contributed by atoms with E-state index in [9.17, 15) is 13.2 Å². The maximum absolute atomic E-state index is 12.7. The molecule has 0 aliphatic carbocycles. The van der Waals surface area contributed by atoms with Crippen LogP contribution in [0.5, 0.6) is 5.75 Å². The van der Waals surface area contributed by atoms with Crippen LogP contribution in [0.2, 0.25) is 0 Å². The van der Waals surface area contributed by atoms with E-state index in [1.165, 1.54) is 12.1 Å². The summed E-state index contributed by atoms with van der Waals surface area (Å²) in [6, 6.07) is 12.2.